The number of benzene rings is 1. The number of phenolic OH excluding ortho intramolecular Hbond substituents is 1. The molecule has 2 atom stereocenters. The summed E-state index contributed by atoms with van der Waals surface area (Å²) >= 11 is 0. The van der Waals surface area contributed by atoms with Crippen LogP contribution < -0.4 is 10.6 Å². The molecule has 3 amide bonds. The van der Waals surface area contributed by atoms with E-state index < -0.39 is 36.3 Å². The van der Waals surface area contributed by atoms with Crippen molar-refractivity contribution in [1.29, 1.82) is 0 Å². The van der Waals surface area contributed by atoms with Crippen molar-refractivity contribution >= 4 is 17.9 Å². The molecular formula is C22H35N3O6. The quantitative estimate of drug-likeness (QED) is 0.415. The molecule has 0 aliphatic heterocycles. The summed E-state index contributed by atoms with van der Waals surface area (Å²) in [5.41, 5.74) is -0.276. The van der Waals surface area contributed by atoms with Crippen LogP contribution in [0.3, 0.4) is 0 Å². The van der Waals surface area contributed by atoms with E-state index in [1.165, 1.54) is 17.0 Å². The molecule has 0 saturated carbocycles. The number of hydrogen-bond acceptors (Lipinski definition) is 6. The first-order valence-electron chi connectivity index (χ1n) is 10.5. The first kappa shape index (κ1) is 26.2. The van der Waals surface area contributed by atoms with Crippen molar-refractivity contribution in [2.24, 2.45) is 0 Å². The number of ether oxygens (including phenoxy) is 1. The minimum atomic E-state index is -1.28. The van der Waals surface area contributed by atoms with Crippen molar-refractivity contribution < 1.29 is 29.3 Å². The number of aromatic hydroxyl groups is 1. The van der Waals surface area contributed by atoms with E-state index in [1.54, 1.807) is 39.8 Å². The Morgan fingerprint density at radius 1 is 1.13 bits per heavy atom. The van der Waals surface area contributed by atoms with Crippen molar-refractivity contribution in [2.45, 2.75) is 65.1 Å². The molecule has 9 nitrogen and oxygen atoms in total. The number of carbonyl (C=O) groups is 3. The molecule has 0 aliphatic carbocycles. The van der Waals surface area contributed by atoms with E-state index in [-0.39, 0.29) is 18.2 Å². The molecule has 1 aromatic rings. The number of aliphatic hydroxyl groups excluding tert-OH is 1. The Bertz CT molecular complexity index is 730. The molecule has 1 aromatic carbocycles. The zero-order valence-electron chi connectivity index (χ0n) is 19.0. The number of alkyl carbamates (subject to hydrolysis) is 1. The summed E-state index contributed by atoms with van der Waals surface area (Å²) in [5.74, 6) is -0.981. The van der Waals surface area contributed by atoms with E-state index in [9.17, 15) is 24.6 Å². The van der Waals surface area contributed by atoms with E-state index >= 15 is 0 Å². The third kappa shape index (κ3) is 8.45. The summed E-state index contributed by atoms with van der Waals surface area (Å²) in [5, 5.41) is 24.5. The van der Waals surface area contributed by atoms with Gasteiger partial charge in [-0.25, -0.2) is 4.79 Å². The molecule has 4 N–H and O–H groups in total. The summed E-state index contributed by atoms with van der Waals surface area (Å²) in [6, 6.07) is 3.71. The lowest BCUT2D eigenvalue weighted by Gasteiger charge is -2.33. The smallest absolute Gasteiger partial charge is 0.408 e. The third-order valence-corrected chi connectivity index (χ3v) is 4.39. The Hall–Kier alpha value is -2.81. The number of rotatable bonds is 10. The molecular weight excluding hydrogens is 402 g/mol. The summed E-state index contributed by atoms with van der Waals surface area (Å²) < 4.78 is 5.17. The molecule has 0 radical (unpaired) electrons. The number of likely N-dealkylation sites (N-methyl/N-ethyl adjacent to an activating group) is 1. The molecule has 0 aromatic heterocycles. The van der Waals surface area contributed by atoms with Crippen LogP contribution in [0, 0.1) is 0 Å². The number of carbonyl (C=O) groups excluding carboxylic acids is 3. The molecule has 0 heterocycles. The number of phenols is 1. The van der Waals surface area contributed by atoms with Gasteiger partial charge in [0.2, 0.25) is 11.8 Å². The summed E-state index contributed by atoms with van der Waals surface area (Å²) in [4.78, 5) is 39.6. The van der Waals surface area contributed by atoms with Gasteiger partial charge >= 0.3 is 6.09 Å². The highest BCUT2D eigenvalue weighted by atomic mass is 16.6. The van der Waals surface area contributed by atoms with Crippen LogP contribution in [0.1, 0.15) is 59.1 Å². The zero-order valence-corrected chi connectivity index (χ0v) is 19.0. The van der Waals surface area contributed by atoms with Crippen molar-refractivity contribution in [1.82, 2.24) is 15.5 Å². The average molecular weight is 438 g/mol. The minimum Gasteiger partial charge on any atom is -0.508 e. The Morgan fingerprint density at radius 3 is 2.23 bits per heavy atom. The van der Waals surface area contributed by atoms with Crippen LogP contribution in [0.4, 0.5) is 4.79 Å². The van der Waals surface area contributed by atoms with Gasteiger partial charge in [0.1, 0.15) is 23.4 Å². The molecule has 1 rings (SSSR count). The number of aliphatic hydroxyl groups is 1. The number of unbranched alkanes of at least 4 members (excludes halogenated alkanes) is 1. The molecule has 9 heteroatoms. The molecule has 0 bridgehead atoms. The summed E-state index contributed by atoms with van der Waals surface area (Å²) in [6.45, 7) is 8.69. The summed E-state index contributed by atoms with van der Waals surface area (Å²) in [6.07, 6.45) is 0.838. The van der Waals surface area contributed by atoms with Gasteiger partial charge < -0.3 is 30.5 Å². The van der Waals surface area contributed by atoms with E-state index in [0.717, 1.165) is 12.8 Å². The second kappa shape index (κ2) is 12.1. The van der Waals surface area contributed by atoms with Gasteiger partial charge in [0.25, 0.3) is 0 Å². The number of nitrogens with zero attached hydrogens (tertiary/aromatic N) is 1. The monoisotopic (exact) mass is 437 g/mol. The molecule has 0 saturated heterocycles. The molecule has 174 valence electrons. The normalized spacial score (nSPS) is 13.1. The average Bonchev–Trinajstić information content (AvgIpc) is 2.69. The van der Waals surface area contributed by atoms with Crippen LogP contribution in [-0.4, -0.2) is 64.4 Å². The predicted molar refractivity (Wildman–Crippen MR) is 116 cm³/mol. The van der Waals surface area contributed by atoms with E-state index in [4.69, 9.17) is 4.74 Å². The minimum absolute atomic E-state index is 0.0306. The molecule has 0 spiro atoms. The first-order chi connectivity index (χ1) is 14.5. The maximum absolute atomic E-state index is 13.2. The van der Waals surface area contributed by atoms with Crippen LogP contribution in [0.5, 0.6) is 5.75 Å². The predicted octanol–water partition coefficient (Wildman–Crippen LogP) is 2.08. The highest BCUT2D eigenvalue weighted by Gasteiger charge is 2.35. The largest absolute Gasteiger partial charge is 0.508 e. The fourth-order valence-electron chi connectivity index (χ4n) is 2.92. The van der Waals surface area contributed by atoms with Crippen molar-refractivity contribution in [3.05, 3.63) is 29.8 Å². The fourth-order valence-corrected chi connectivity index (χ4v) is 2.92. The molecule has 2 unspecified atom stereocenters. The van der Waals surface area contributed by atoms with Gasteiger partial charge in [-0.3, -0.25) is 9.59 Å². The second-order valence-corrected chi connectivity index (χ2v) is 8.14. The standard InChI is InChI=1S/C22H35N3O6/c1-6-8-13-23-19(28)18(15-9-11-16(27)12-10-15)25(7-2)20(29)17(14-26)24-21(30)31-22(3,4)5/h9-12,17-18,26-27H,6-8,13-14H2,1-5H3,(H,23,28)(H,24,30). The molecule has 0 fully saturated rings. The van der Waals surface area contributed by atoms with Gasteiger partial charge in [-0.05, 0) is 51.8 Å². The lowest BCUT2D eigenvalue weighted by molar-refractivity contribution is -0.143. The molecule has 0 aliphatic rings. The van der Waals surface area contributed by atoms with Crippen LogP contribution in [0.15, 0.2) is 24.3 Å². The Kier molecular flexibility index (Phi) is 10.3. The summed E-state index contributed by atoms with van der Waals surface area (Å²) in [7, 11) is 0. The maximum Gasteiger partial charge on any atom is 0.408 e. The highest BCUT2D eigenvalue weighted by Crippen LogP contribution is 2.24. The third-order valence-electron chi connectivity index (χ3n) is 4.39. The van der Waals surface area contributed by atoms with Crippen LogP contribution in [0.2, 0.25) is 0 Å². The Labute approximate surface area is 183 Å². The van der Waals surface area contributed by atoms with Gasteiger partial charge in [0.05, 0.1) is 6.61 Å². The highest BCUT2D eigenvalue weighted by molar-refractivity contribution is 5.92. The van der Waals surface area contributed by atoms with Crippen molar-refractivity contribution in [3.8, 4) is 5.75 Å². The van der Waals surface area contributed by atoms with Gasteiger partial charge in [-0.1, -0.05) is 25.5 Å². The van der Waals surface area contributed by atoms with E-state index in [0.29, 0.717) is 12.1 Å². The van der Waals surface area contributed by atoms with Gasteiger partial charge in [0, 0.05) is 13.1 Å². The van der Waals surface area contributed by atoms with Crippen molar-refractivity contribution in [2.75, 3.05) is 19.7 Å². The number of hydrogen-bond donors (Lipinski definition) is 4. The van der Waals surface area contributed by atoms with Crippen LogP contribution in [0.25, 0.3) is 0 Å². The van der Waals surface area contributed by atoms with Crippen LogP contribution >= 0.6 is 0 Å². The Morgan fingerprint density at radius 2 is 1.74 bits per heavy atom. The number of amides is 3. The van der Waals surface area contributed by atoms with Gasteiger partial charge in [-0.15, -0.1) is 0 Å². The van der Waals surface area contributed by atoms with E-state index in [1.807, 2.05) is 6.92 Å². The van der Waals surface area contributed by atoms with Crippen molar-refractivity contribution in [3.63, 3.8) is 0 Å². The van der Waals surface area contributed by atoms with E-state index in [2.05, 4.69) is 10.6 Å². The SMILES string of the molecule is CCCCNC(=O)C(c1ccc(O)cc1)N(CC)C(=O)C(CO)NC(=O)OC(C)(C)C. The van der Waals surface area contributed by atoms with Gasteiger partial charge in [-0.2, -0.15) is 0 Å². The zero-order chi connectivity index (χ0) is 23.6. The topological polar surface area (TPSA) is 128 Å². The lowest BCUT2D eigenvalue weighted by Crippen LogP contribution is -2.54. The second-order valence-electron chi connectivity index (χ2n) is 8.14. The Balaban J connectivity index is 3.16. The molecule has 31 heavy (non-hydrogen) atoms. The lowest BCUT2D eigenvalue weighted by atomic mass is 10.0. The first-order valence-corrected chi connectivity index (χ1v) is 10.5. The van der Waals surface area contributed by atoms with Crippen LogP contribution in [-0.2, 0) is 14.3 Å². The fraction of sp³-hybridized carbons (Fsp3) is 0.591. The maximum atomic E-state index is 13.2. The van der Waals surface area contributed by atoms with Gasteiger partial charge in [0.15, 0.2) is 0 Å². The number of nitrogens with one attached hydrogen (secondary N) is 2.